The van der Waals surface area contributed by atoms with Crippen molar-refractivity contribution >= 4 is 17.2 Å². The van der Waals surface area contributed by atoms with Crippen LogP contribution in [0.15, 0.2) is 64.6 Å². The van der Waals surface area contributed by atoms with Crippen molar-refractivity contribution in [1.29, 1.82) is 0 Å². The third-order valence-corrected chi connectivity index (χ3v) is 4.83. The molecule has 0 spiro atoms. The molecule has 0 aliphatic carbocycles. The summed E-state index contributed by atoms with van der Waals surface area (Å²) < 4.78 is 5.22. The summed E-state index contributed by atoms with van der Waals surface area (Å²) in [6.45, 7) is 3.26. The monoisotopic (exact) mass is 340 g/mol. The second-order valence-electron chi connectivity index (χ2n) is 5.58. The molecule has 0 aliphatic heterocycles. The molecule has 0 saturated heterocycles. The summed E-state index contributed by atoms with van der Waals surface area (Å²) in [7, 11) is 0. The summed E-state index contributed by atoms with van der Waals surface area (Å²) in [4.78, 5) is 13.6. The van der Waals surface area contributed by atoms with E-state index in [2.05, 4.69) is 35.1 Å². The minimum Gasteiger partial charge on any atom is -0.467 e. The second kappa shape index (κ2) is 7.95. The standard InChI is InChI=1S/C19H20N2O2S/c1-14(18-8-4-10-24-18)20-12-15-5-2-6-16(11-15)19(22)21-13-17-7-3-9-23-17/h2-11,14,20H,12-13H2,1H3,(H,21,22)/t14-/m1/s1. The lowest BCUT2D eigenvalue weighted by molar-refractivity contribution is 0.0948. The molecule has 2 aromatic heterocycles. The van der Waals surface area contributed by atoms with Gasteiger partial charge in [0.2, 0.25) is 0 Å². The first-order chi connectivity index (χ1) is 11.7. The summed E-state index contributed by atoms with van der Waals surface area (Å²) in [6, 6.07) is 15.8. The molecule has 3 aromatic rings. The Morgan fingerprint density at radius 3 is 2.83 bits per heavy atom. The molecule has 0 radical (unpaired) electrons. The molecule has 5 heteroatoms. The molecular formula is C19H20N2O2S. The van der Waals surface area contributed by atoms with E-state index in [0.29, 0.717) is 18.2 Å². The van der Waals surface area contributed by atoms with Crippen molar-refractivity contribution in [3.05, 3.63) is 81.9 Å². The molecule has 0 fully saturated rings. The fourth-order valence-corrected chi connectivity index (χ4v) is 3.17. The van der Waals surface area contributed by atoms with Gasteiger partial charge in [0.05, 0.1) is 12.8 Å². The van der Waals surface area contributed by atoms with Crippen LogP contribution in [0.2, 0.25) is 0 Å². The van der Waals surface area contributed by atoms with Crippen LogP contribution in [0.4, 0.5) is 0 Å². The molecule has 2 heterocycles. The van der Waals surface area contributed by atoms with E-state index >= 15 is 0 Å². The van der Waals surface area contributed by atoms with Crippen LogP contribution in [0.5, 0.6) is 0 Å². The van der Waals surface area contributed by atoms with Crippen molar-refractivity contribution in [3.63, 3.8) is 0 Å². The van der Waals surface area contributed by atoms with Gasteiger partial charge in [0.15, 0.2) is 0 Å². The van der Waals surface area contributed by atoms with Crippen LogP contribution in [-0.2, 0) is 13.1 Å². The maximum absolute atomic E-state index is 12.2. The summed E-state index contributed by atoms with van der Waals surface area (Å²) >= 11 is 1.74. The van der Waals surface area contributed by atoms with Gasteiger partial charge in [-0.15, -0.1) is 11.3 Å². The van der Waals surface area contributed by atoms with Crippen molar-refractivity contribution in [2.24, 2.45) is 0 Å². The third-order valence-electron chi connectivity index (χ3n) is 3.77. The highest BCUT2D eigenvalue weighted by atomic mass is 32.1. The van der Waals surface area contributed by atoms with E-state index in [1.165, 1.54) is 4.88 Å². The number of rotatable bonds is 7. The normalized spacial score (nSPS) is 12.0. The van der Waals surface area contributed by atoms with Crippen molar-refractivity contribution in [2.75, 3.05) is 0 Å². The van der Waals surface area contributed by atoms with E-state index in [1.807, 2.05) is 36.4 Å². The molecule has 24 heavy (non-hydrogen) atoms. The summed E-state index contributed by atoms with van der Waals surface area (Å²) in [6.07, 6.45) is 1.60. The van der Waals surface area contributed by atoms with Gasteiger partial charge in [0, 0.05) is 23.0 Å². The third kappa shape index (κ3) is 4.34. The quantitative estimate of drug-likeness (QED) is 0.680. The number of amides is 1. The molecule has 1 amide bonds. The smallest absolute Gasteiger partial charge is 0.251 e. The van der Waals surface area contributed by atoms with Crippen LogP contribution in [0.3, 0.4) is 0 Å². The molecule has 0 unspecified atom stereocenters. The lowest BCUT2D eigenvalue weighted by atomic mass is 10.1. The fourth-order valence-electron chi connectivity index (χ4n) is 2.41. The van der Waals surface area contributed by atoms with Crippen molar-refractivity contribution in [2.45, 2.75) is 26.1 Å². The first kappa shape index (κ1) is 16.5. The van der Waals surface area contributed by atoms with Crippen LogP contribution in [-0.4, -0.2) is 5.91 Å². The van der Waals surface area contributed by atoms with Crippen LogP contribution in [0.1, 0.15) is 39.5 Å². The Bertz CT molecular complexity index is 767. The Labute approximate surface area is 145 Å². The molecule has 3 rings (SSSR count). The summed E-state index contributed by atoms with van der Waals surface area (Å²) in [5.74, 6) is 0.644. The van der Waals surface area contributed by atoms with Gasteiger partial charge in [-0.25, -0.2) is 0 Å². The highest BCUT2D eigenvalue weighted by Crippen LogP contribution is 2.18. The van der Waals surface area contributed by atoms with Crippen LogP contribution in [0.25, 0.3) is 0 Å². The maximum Gasteiger partial charge on any atom is 0.251 e. The van der Waals surface area contributed by atoms with E-state index in [9.17, 15) is 4.79 Å². The molecule has 0 bridgehead atoms. The van der Waals surface area contributed by atoms with Crippen LogP contribution >= 0.6 is 11.3 Å². The van der Waals surface area contributed by atoms with Gasteiger partial charge in [0.1, 0.15) is 5.76 Å². The zero-order valence-electron chi connectivity index (χ0n) is 13.5. The minimum absolute atomic E-state index is 0.0976. The minimum atomic E-state index is -0.0976. The van der Waals surface area contributed by atoms with E-state index in [4.69, 9.17) is 4.42 Å². The predicted molar refractivity (Wildman–Crippen MR) is 95.9 cm³/mol. The van der Waals surface area contributed by atoms with E-state index in [-0.39, 0.29) is 5.91 Å². The van der Waals surface area contributed by atoms with Gasteiger partial charge in [0.25, 0.3) is 5.91 Å². The number of benzene rings is 1. The number of hydrogen-bond donors (Lipinski definition) is 2. The van der Waals surface area contributed by atoms with E-state index in [0.717, 1.165) is 17.9 Å². The van der Waals surface area contributed by atoms with Crippen LogP contribution < -0.4 is 10.6 Å². The Morgan fingerprint density at radius 1 is 1.17 bits per heavy atom. The Hall–Kier alpha value is -2.37. The van der Waals surface area contributed by atoms with Gasteiger partial charge in [-0.3, -0.25) is 4.79 Å². The topological polar surface area (TPSA) is 54.3 Å². The Kier molecular flexibility index (Phi) is 5.46. The Balaban J connectivity index is 1.56. The van der Waals surface area contributed by atoms with Crippen molar-refractivity contribution in [3.8, 4) is 0 Å². The molecule has 0 saturated carbocycles. The van der Waals surface area contributed by atoms with Crippen LogP contribution in [0, 0.1) is 0 Å². The first-order valence-corrected chi connectivity index (χ1v) is 8.76. The lowest BCUT2D eigenvalue weighted by Gasteiger charge is -2.12. The lowest BCUT2D eigenvalue weighted by Crippen LogP contribution is -2.23. The van der Waals surface area contributed by atoms with Gasteiger partial charge < -0.3 is 15.1 Å². The Morgan fingerprint density at radius 2 is 2.08 bits per heavy atom. The molecule has 1 atom stereocenters. The largest absolute Gasteiger partial charge is 0.467 e. The molecular weight excluding hydrogens is 320 g/mol. The highest BCUT2D eigenvalue weighted by molar-refractivity contribution is 7.10. The SMILES string of the molecule is C[C@@H](NCc1cccc(C(=O)NCc2ccco2)c1)c1cccs1. The molecule has 124 valence electrons. The van der Waals surface area contributed by atoms with Crippen molar-refractivity contribution in [1.82, 2.24) is 10.6 Å². The zero-order chi connectivity index (χ0) is 16.8. The average Bonchev–Trinajstić information content (AvgIpc) is 3.31. The van der Waals surface area contributed by atoms with Gasteiger partial charge in [-0.2, -0.15) is 0 Å². The van der Waals surface area contributed by atoms with Gasteiger partial charge in [-0.1, -0.05) is 18.2 Å². The summed E-state index contributed by atoms with van der Waals surface area (Å²) in [5.41, 5.74) is 1.74. The fraction of sp³-hybridized carbons (Fsp3) is 0.211. The number of carbonyl (C=O) groups is 1. The van der Waals surface area contributed by atoms with Crippen molar-refractivity contribution < 1.29 is 9.21 Å². The second-order valence-corrected chi connectivity index (χ2v) is 6.56. The number of carbonyl (C=O) groups excluding carboxylic acids is 1. The summed E-state index contributed by atoms with van der Waals surface area (Å²) in [5, 5.41) is 8.43. The van der Waals surface area contributed by atoms with E-state index in [1.54, 1.807) is 17.6 Å². The number of nitrogens with one attached hydrogen (secondary N) is 2. The molecule has 4 nitrogen and oxygen atoms in total. The number of hydrogen-bond acceptors (Lipinski definition) is 4. The molecule has 2 N–H and O–H groups in total. The first-order valence-electron chi connectivity index (χ1n) is 7.88. The van der Waals surface area contributed by atoms with Gasteiger partial charge >= 0.3 is 0 Å². The molecule has 0 aliphatic rings. The maximum atomic E-state index is 12.2. The predicted octanol–water partition coefficient (Wildman–Crippen LogP) is 4.12. The van der Waals surface area contributed by atoms with Gasteiger partial charge in [-0.05, 0) is 48.2 Å². The zero-order valence-corrected chi connectivity index (χ0v) is 14.3. The number of thiophene rings is 1. The molecule has 1 aromatic carbocycles. The average molecular weight is 340 g/mol. The van der Waals surface area contributed by atoms with E-state index < -0.39 is 0 Å². The number of furan rings is 1. The highest BCUT2D eigenvalue weighted by Gasteiger charge is 2.09.